The minimum atomic E-state index is 0.0454. The molecule has 0 saturated heterocycles. The summed E-state index contributed by atoms with van der Waals surface area (Å²) in [4.78, 5) is 16.2. The Balaban J connectivity index is 2.39. The lowest BCUT2D eigenvalue weighted by atomic mass is 10.0. The Morgan fingerprint density at radius 2 is 1.94 bits per heavy atom. The third-order valence-corrected chi connectivity index (χ3v) is 2.92. The number of ketones is 1. The number of pyridine rings is 1. The van der Waals surface area contributed by atoms with Gasteiger partial charge in [0.1, 0.15) is 0 Å². The molecule has 0 atom stereocenters. The fourth-order valence-electron chi connectivity index (χ4n) is 1.48. The quantitative estimate of drug-likeness (QED) is 0.627. The van der Waals surface area contributed by atoms with Crippen LogP contribution in [0.15, 0.2) is 42.6 Å². The molecule has 2 aromatic rings. The van der Waals surface area contributed by atoms with E-state index >= 15 is 0 Å². The molecular weight excluding hydrogens is 313 g/mol. The van der Waals surface area contributed by atoms with Crippen LogP contribution in [-0.2, 0) is 0 Å². The van der Waals surface area contributed by atoms with Crippen molar-refractivity contribution in [1.29, 1.82) is 0 Å². The number of rotatable bonds is 2. The SMILES string of the molecule is Cc1cc(C(=O)c2cccc(I)c2)ccn1. The number of aromatic nitrogens is 1. The van der Waals surface area contributed by atoms with Gasteiger partial charge in [0.05, 0.1) is 0 Å². The van der Waals surface area contributed by atoms with Gasteiger partial charge in [-0.05, 0) is 53.8 Å². The maximum atomic E-state index is 12.1. The molecule has 2 nitrogen and oxygen atoms in total. The molecule has 0 spiro atoms. The minimum absolute atomic E-state index is 0.0454. The van der Waals surface area contributed by atoms with Crippen molar-refractivity contribution in [3.63, 3.8) is 0 Å². The lowest BCUT2D eigenvalue weighted by molar-refractivity contribution is 0.103. The highest BCUT2D eigenvalue weighted by molar-refractivity contribution is 14.1. The van der Waals surface area contributed by atoms with Crippen LogP contribution in [0.25, 0.3) is 0 Å². The van der Waals surface area contributed by atoms with E-state index in [-0.39, 0.29) is 5.78 Å². The zero-order valence-corrected chi connectivity index (χ0v) is 10.9. The first-order chi connectivity index (χ1) is 7.66. The van der Waals surface area contributed by atoms with E-state index in [1.807, 2.05) is 37.3 Å². The Bertz CT molecular complexity index is 489. The smallest absolute Gasteiger partial charge is 0.193 e. The zero-order valence-electron chi connectivity index (χ0n) is 8.77. The fourth-order valence-corrected chi connectivity index (χ4v) is 2.03. The average molecular weight is 323 g/mol. The summed E-state index contributed by atoms with van der Waals surface area (Å²) >= 11 is 2.20. The molecule has 0 unspecified atom stereocenters. The van der Waals surface area contributed by atoms with Crippen LogP contribution in [0, 0.1) is 10.5 Å². The first-order valence-corrected chi connectivity index (χ1v) is 5.97. The molecule has 0 saturated carbocycles. The van der Waals surface area contributed by atoms with E-state index in [0.717, 1.165) is 14.8 Å². The second kappa shape index (κ2) is 4.74. The third-order valence-electron chi connectivity index (χ3n) is 2.25. The van der Waals surface area contributed by atoms with Crippen molar-refractivity contribution in [3.05, 3.63) is 63.0 Å². The molecule has 1 aromatic heterocycles. The molecule has 0 aliphatic heterocycles. The van der Waals surface area contributed by atoms with Gasteiger partial charge in [0.15, 0.2) is 5.78 Å². The Morgan fingerprint density at radius 3 is 2.62 bits per heavy atom. The first kappa shape index (κ1) is 11.3. The topological polar surface area (TPSA) is 30.0 Å². The first-order valence-electron chi connectivity index (χ1n) is 4.90. The maximum absolute atomic E-state index is 12.1. The maximum Gasteiger partial charge on any atom is 0.193 e. The van der Waals surface area contributed by atoms with Gasteiger partial charge in [0.2, 0.25) is 0 Å². The summed E-state index contributed by atoms with van der Waals surface area (Å²) in [5.74, 6) is 0.0454. The van der Waals surface area contributed by atoms with E-state index in [1.54, 1.807) is 12.3 Å². The fraction of sp³-hybridized carbons (Fsp3) is 0.0769. The second-order valence-corrected chi connectivity index (χ2v) is 4.77. The molecule has 0 aliphatic carbocycles. The van der Waals surface area contributed by atoms with Crippen molar-refractivity contribution < 1.29 is 4.79 Å². The number of nitrogens with zero attached hydrogens (tertiary/aromatic N) is 1. The van der Waals surface area contributed by atoms with Crippen LogP contribution >= 0.6 is 22.6 Å². The van der Waals surface area contributed by atoms with Crippen LogP contribution in [0.5, 0.6) is 0 Å². The molecule has 0 radical (unpaired) electrons. The summed E-state index contributed by atoms with van der Waals surface area (Å²) < 4.78 is 1.06. The number of carbonyl (C=O) groups excluding carboxylic acids is 1. The van der Waals surface area contributed by atoms with Gasteiger partial charge in [-0.3, -0.25) is 9.78 Å². The van der Waals surface area contributed by atoms with Gasteiger partial charge in [-0.1, -0.05) is 12.1 Å². The van der Waals surface area contributed by atoms with E-state index in [0.29, 0.717) is 5.56 Å². The molecule has 2 rings (SSSR count). The molecule has 0 aliphatic rings. The van der Waals surface area contributed by atoms with Crippen LogP contribution in [-0.4, -0.2) is 10.8 Å². The predicted molar refractivity (Wildman–Crippen MR) is 71.6 cm³/mol. The van der Waals surface area contributed by atoms with E-state index < -0.39 is 0 Å². The summed E-state index contributed by atoms with van der Waals surface area (Å²) in [7, 11) is 0. The number of carbonyl (C=O) groups is 1. The number of hydrogen-bond acceptors (Lipinski definition) is 2. The monoisotopic (exact) mass is 323 g/mol. The average Bonchev–Trinajstić information content (AvgIpc) is 2.28. The van der Waals surface area contributed by atoms with Crippen LogP contribution < -0.4 is 0 Å². The van der Waals surface area contributed by atoms with E-state index in [2.05, 4.69) is 27.6 Å². The highest BCUT2D eigenvalue weighted by atomic mass is 127. The van der Waals surface area contributed by atoms with Crippen molar-refractivity contribution >= 4 is 28.4 Å². The highest BCUT2D eigenvalue weighted by Gasteiger charge is 2.09. The predicted octanol–water partition coefficient (Wildman–Crippen LogP) is 3.23. The Kier molecular flexibility index (Phi) is 3.33. The number of hydrogen-bond donors (Lipinski definition) is 0. The van der Waals surface area contributed by atoms with Crippen molar-refractivity contribution in [3.8, 4) is 0 Å². The zero-order chi connectivity index (χ0) is 11.5. The molecule has 0 amide bonds. The van der Waals surface area contributed by atoms with Gasteiger partial charge in [-0.2, -0.15) is 0 Å². The molecule has 80 valence electrons. The minimum Gasteiger partial charge on any atom is -0.289 e. The third kappa shape index (κ3) is 2.47. The number of benzene rings is 1. The van der Waals surface area contributed by atoms with E-state index in [4.69, 9.17) is 0 Å². The van der Waals surface area contributed by atoms with Crippen LogP contribution in [0.3, 0.4) is 0 Å². The van der Waals surface area contributed by atoms with Crippen molar-refractivity contribution in [2.75, 3.05) is 0 Å². The highest BCUT2D eigenvalue weighted by Crippen LogP contribution is 2.13. The standard InChI is InChI=1S/C13H10INO/c1-9-7-11(5-6-15-9)13(16)10-3-2-4-12(14)8-10/h2-8H,1H3. The van der Waals surface area contributed by atoms with Gasteiger partial charge < -0.3 is 0 Å². The molecule has 0 bridgehead atoms. The largest absolute Gasteiger partial charge is 0.289 e. The molecule has 1 aromatic carbocycles. The summed E-state index contributed by atoms with van der Waals surface area (Å²) in [5, 5.41) is 0. The van der Waals surface area contributed by atoms with Gasteiger partial charge >= 0.3 is 0 Å². The Labute approximate surface area is 108 Å². The van der Waals surface area contributed by atoms with Gasteiger partial charge in [-0.15, -0.1) is 0 Å². The van der Waals surface area contributed by atoms with Crippen LogP contribution in [0.2, 0.25) is 0 Å². The summed E-state index contributed by atoms with van der Waals surface area (Å²) in [6.45, 7) is 1.88. The Morgan fingerprint density at radius 1 is 1.19 bits per heavy atom. The Hall–Kier alpha value is -1.23. The molecule has 0 N–H and O–H groups in total. The van der Waals surface area contributed by atoms with Gasteiger partial charge in [-0.25, -0.2) is 0 Å². The number of aryl methyl sites for hydroxylation is 1. The summed E-state index contributed by atoms with van der Waals surface area (Å²) in [5.41, 5.74) is 2.27. The van der Waals surface area contributed by atoms with Gasteiger partial charge in [0, 0.05) is 26.6 Å². The summed E-state index contributed by atoms with van der Waals surface area (Å²) in [6.07, 6.45) is 1.66. The van der Waals surface area contributed by atoms with Crippen molar-refractivity contribution in [2.24, 2.45) is 0 Å². The van der Waals surface area contributed by atoms with Crippen molar-refractivity contribution in [2.45, 2.75) is 6.92 Å². The lowest BCUT2D eigenvalue weighted by Gasteiger charge is -2.02. The normalized spacial score (nSPS) is 10.1. The molecule has 3 heteroatoms. The van der Waals surface area contributed by atoms with Crippen LogP contribution in [0.4, 0.5) is 0 Å². The summed E-state index contributed by atoms with van der Waals surface area (Å²) in [6, 6.07) is 11.1. The van der Waals surface area contributed by atoms with E-state index in [9.17, 15) is 4.79 Å². The number of halogens is 1. The molecular formula is C13H10INO. The second-order valence-electron chi connectivity index (χ2n) is 3.53. The van der Waals surface area contributed by atoms with Crippen molar-refractivity contribution in [1.82, 2.24) is 4.98 Å². The lowest BCUT2D eigenvalue weighted by Crippen LogP contribution is -2.02. The van der Waals surface area contributed by atoms with Crippen LogP contribution in [0.1, 0.15) is 21.6 Å². The molecule has 0 fully saturated rings. The van der Waals surface area contributed by atoms with E-state index in [1.165, 1.54) is 0 Å². The molecule has 1 heterocycles. The van der Waals surface area contributed by atoms with Gasteiger partial charge in [0.25, 0.3) is 0 Å². The molecule has 16 heavy (non-hydrogen) atoms.